The number of sulfonamides is 1. The number of furan rings is 1. The molecule has 1 aliphatic heterocycles. The van der Waals surface area contributed by atoms with Crippen LogP contribution in [0.1, 0.15) is 33.6 Å². The molecule has 0 spiro atoms. The van der Waals surface area contributed by atoms with Crippen molar-refractivity contribution >= 4 is 27.4 Å². The van der Waals surface area contributed by atoms with E-state index >= 15 is 0 Å². The van der Waals surface area contributed by atoms with Crippen LogP contribution >= 0.6 is 0 Å². The SMILES string of the molecule is CC(=O)c1ccc(OCc2ccc(C(=O)Nc3ccc(S(=O)(=O)N4CCOCC4)cc3)o2)cc1. The van der Waals surface area contributed by atoms with Crippen molar-refractivity contribution in [2.75, 3.05) is 31.6 Å². The molecular weight excluding hydrogens is 460 g/mol. The molecule has 1 fully saturated rings. The first-order valence-corrected chi connectivity index (χ1v) is 12.1. The highest BCUT2D eigenvalue weighted by Gasteiger charge is 2.26. The fourth-order valence-electron chi connectivity index (χ4n) is 3.36. The molecule has 1 aliphatic rings. The van der Waals surface area contributed by atoms with Gasteiger partial charge in [-0.3, -0.25) is 9.59 Å². The first-order chi connectivity index (χ1) is 16.3. The predicted molar refractivity (Wildman–Crippen MR) is 123 cm³/mol. The maximum atomic E-state index is 12.7. The summed E-state index contributed by atoms with van der Waals surface area (Å²) in [5.41, 5.74) is 1.03. The van der Waals surface area contributed by atoms with E-state index in [1.54, 1.807) is 30.3 Å². The lowest BCUT2D eigenvalue weighted by Gasteiger charge is -2.26. The van der Waals surface area contributed by atoms with Gasteiger partial charge < -0.3 is 19.2 Å². The fraction of sp³-hybridized carbons (Fsp3) is 0.250. The zero-order valence-corrected chi connectivity index (χ0v) is 19.3. The van der Waals surface area contributed by atoms with Crippen molar-refractivity contribution in [1.29, 1.82) is 0 Å². The third-order valence-corrected chi connectivity index (χ3v) is 7.16. The Morgan fingerprint density at radius 3 is 2.29 bits per heavy atom. The van der Waals surface area contributed by atoms with E-state index in [1.807, 2.05) is 0 Å². The van der Waals surface area contributed by atoms with Gasteiger partial charge in [0.1, 0.15) is 18.1 Å². The molecule has 0 unspecified atom stereocenters. The second kappa shape index (κ2) is 10.2. The average Bonchev–Trinajstić information content (AvgIpc) is 3.33. The number of ether oxygens (including phenoxy) is 2. The Morgan fingerprint density at radius 2 is 1.65 bits per heavy atom. The number of carbonyl (C=O) groups excluding carboxylic acids is 2. The molecule has 1 amide bonds. The van der Waals surface area contributed by atoms with Gasteiger partial charge in [-0.25, -0.2) is 8.42 Å². The summed E-state index contributed by atoms with van der Waals surface area (Å²) in [4.78, 5) is 24.0. The number of rotatable bonds is 8. The first kappa shape index (κ1) is 23.7. The van der Waals surface area contributed by atoms with E-state index in [2.05, 4.69) is 5.32 Å². The Labute approximate surface area is 197 Å². The monoisotopic (exact) mass is 484 g/mol. The van der Waals surface area contributed by atoms with Crippen LogP contribution in [0, 0.1) is 0 Å². The molecule has 9 nitrogen and oxygen atoms in total. The molecule has 4 rings (SSSR count). The third kappa shape index (κ3) is 5.53. The van der Waals surface area contributed by atoms with Crippen molar-refractivity contribution in [3.63, 3.8) is 0 Å². The number of benzene rings is 2. The van der Waals surface area contributed by atoms with Crippen LogP contribution in [0.2, 0.25) is 0 Å². The van der Waals surface area contributed by atoms with Crippen molar-refractivity contribution in [2.45, 2.75) is 18.4 Å². The summed E-state index contributed by atoms with van der Waals surface area (Å²) >= 11 is 0. The number of anilines is 1. The summed E-state index contributed by atoms with van der Waals surface area (Å²) in [6, 6.07) is 15.9. The summed E-state index contributed by atoms with van der Waals surface area (Å²) in [5.74, 6) is 0.616. The molecule has 2 aromatic carbocycles. The van der Waals surface area contributed by atoms with Gasteiger partial charge >= 0.3 is 0 Å². The van der Waals surface area contributed by atoms with Crippen molar-refractivity contribution in [2.24, 2.45) is 0 Å². The zero-order chi connectivity index (χ0) is 24.1. The van der Waals surface area contributed by atoms with Crippen molar-refractivity contribution in [1.82, 2.24) is 4.31 Å². The number of hydrogen-bond donors (Lipinski definition) is 1. The van der Waals surface area contributed by atoms with Crippen LogP contribution in [0.3, 0.4) is 0 Å². The van der Waals surface area contributed by atoms with Gasteiger partial charge in [0, 0.05) is 24.3 Å². The molecule has 0 aliphatic carbocycles. The number of ketones is 1. The second-order valence-corrected chi connectivity index (χ2v) is 9.57. The van der Waals surface area contributed by atoms with Crippen LogP contribution in [0.15, 0.2) is 70.0 Å². The minimum Gasteiger partial charge on any atom is -0.486 e. The van der Waals surface area contributed by atoms with Crippen LogP contribution < -0.4 is 10.1 Å². The smallest absolute Gasteiger partial charge is 0.291 e. The zero-order valence-electron chi connectivity index (χ0n) is 18.5. The standard InChI is InChI=1S/C24H24N2O7S/c1-17(27)18-2-6-20(7-3-18)32-16-21-8-11-23(33-21)24(28)25-19-4-9-22(10-5-19)34(29,30)26-12-14-31-15-13-26/h2-11H,12-16H2,1H3,(H,25,28). The van der Waals surface area contributed by atoms with Gasteiger partial charge in [-0.1, -0.05) is 0 Å². The molecule has 1 saturated heterocycles. The molecule has 0 radical (unpaired) electrons. The van der Waals surface area contributed by atoms with Crippen LogP contribution in [0.4, 0.5) is 5.69 Å². The Bertz CT molecular complexity index is 1260. The molecule has 10 heteroatoms. The number of morpholine rings is 1. The van der Waals surface area contributed by atoms with Crippen molar-refractivity contribution < 1.29 is 31.9 Å². The molecule has 3 aromatic rings. The molecule has 0 saturated carbocycles. The van der Waals surface area contributed by atoms with Crippen LogP contribution in [-0.2, 0) is 21.4 Å². The molecular formula is C24H24N2O7S. The highest BCUT2D eigenvalue weighted by Crippen LogP contribution is 2.21. The predicted octanol–water partition coefficient (Wildman–Crippen LogP) is 3.33. The fourth-order valence-corrected chi connectivity index (χ4v) is 4.76. The Balaban J connectivity index is 1.33. The number of nitrogens with one attached hydrogen (secondary N) is 1. The van der Waals surface area contributed by atoms with Crippen molar-refractivity contribution in [3.05, 3.63) is 77.7 Å². The number of carbonyl (C=O) groups is 2. The van der Waals surface area contributed by atoms with E-state index in [0.29, 0.717) is 49.1 Å². The Hall–Kier alpha value is -3.47. The molecule has 2 heterocycles. The first-order valence-electron chi connectivity index (χ1n) is 10.6. The van der Waals surface area contributed by atoms with E-state index < -0.39 is 15.9 Å². The summed E-state index contributed by atoms with van der Waals surface area (Å²) in [6.45, 7) is 2.98. The van der Waals surface area contributed by atoms with Gasteiger partial charge in [-0.2, -0.15) is 4.31 Å². The van der Waals surface area contributed by atoms with E-state index in [1.165, 1.54) is 41.6 Å². The lowest BCUT2D eigenvalue weighted by Crippen LogP contribution is -2.40. The number of Topliss-reactive ketones (excluding diaryl/α,β-unsaturated/α-hetero) is 1. The molecule has 0 atom stereocenters. The molecule has 1 N–H and O–H groups in total. The summed E-state index contributed by atoms with van der Waals surface area (Å²) in [5, 5.41) is 2.69. The summed E-state index contributed by atoms with van der Waals surface area (Å²) in [6.07, 6.45) is 0. The van der Waals surface area contributed by atoms with Gasteiger partial charge in [0.05, 0.1) is 18.1 Å². The van der Waals surface area contributed by atoms with Gasteiger partial charge in [0.25, 0.3) is 5.91 Å². The van der Waals surface area contributed by atoms with Gasteiger partial charge in [0.2, 0.25) is 10.0 Å². The minimum atomic E-state index is -3.60. The van der Waals surface area contributed by atoms with E-state index in [4.69, 9.17) is 13.9 Å². The van der Waals surface area contributed by atoms with E-state index in [-0.39, 0.29) is 23.0 Å². The normalized spacial score (nSPS) is 14.5. The number of amides is 1. The van der Waals surface area contributed by atoms with Crippen LogP contribution in [0.25, 0.3) is 0 Å². The van der Waals surface area contributed by atoms with E-state index in [0.717, 1.165) is 0 Å². The van der Waals surface area contributed by atoms with Gasteiger partial charge in [-0.15, -0.1) is 0 Å². The largest absolute Gasteiger partial charge is 0.486 e. The maximum Gasteiger partial charge on any atom is 0.291 e. The third-order valence-electron chi connectivity index (χ3n) is 5.25. The highest BCUT2D eigenvalue weighted by molar-refractivity contribution is 7.89. The number of hydrogen-bond acceptors (Lipinski definition) is 7. The second-order valence-electron chi connectivity index (χ2n) is 7.63. The maximum absolute atomic E-state index is 12.7. The van der Waals surface area contributed by atoms with Gasteiger partial charge in [0.15, 0.2) is 11.5 Å². The molecule has 0 bridgehead atoms. The Kier molecular flexibility index (Phi) is 7.11. The molecule has 34 heavy (non-hydrogen) atoms. The van der Waals surface area contributed by atoms with Crippen LogP contribution in [-0.4, -0.2) is 50.7 Å². The molecule has 1 aromatic heterocycles. The number of nitrogens with zero attached hydrogens (tertiary/aromatic N) is 1. The highest BCUT2D eigenvalue weighted by atomic mass is 32.2. The minimum absolute atomic E-state index is 0.0263. The van der Waals surface area contributed by atoms with E-state index in [9.17, 15) is 18.0 Å². The van der Waals surface area contributed by atoms with Crippen molar-refractivity contribution in [3.8, 4) is 5.75 Å². The average molecular weight is 485 g/mol. The molecule has 178 valence electrons. The topological polar surface area (TPSA) is 115 Å². The lowest BCUT2D eigenvalue weighted by atomic mass is 10.1. The van der Waals surface area contributed by atoms with Gasteiger partial charge in [-0.05, 0) is 67.6 Å². The summed E-state index contributed by atoms with van der Waals surface area (Å²) < 4.78 is 43.2. The lowest BCUT2D eigenvalue weighted by molar-refractivity contribution is 0.0730. The Morgan fingerprint density at radius 1 is 0.971 bits per heavy atom. The van der Waals surface area contributed by atoms with Crippen LogP contribution in [0.5, 0.6) is 5.75 Å². The quantitative estimate of drug-likeness (QED) is 0.488. The summed E-state index contributed by atoms with van der Waals surface area (Å²) in [7, 11) is -3.60.